The smallest absolute Gasteiger partial charge is 0.0938 e. The van der Waals surface area contributed by atoms with Gasteiger partial charge in [-0.25, -0.2) is 0 Å². The van der Waals surface area contributed by atoms with Gasteiger partial charge in [0.25, 0.3) is 0 Å². The third-order valence-corrected chi connectivity index (χ3v) is 6.75. The Morgan fingerprint density at radius 3 is 2.11 bits per heavy atom. The summed E-state index contributed by atoms with van der Waals surface area (Å²) in [6.45, 7) is 2.14. The van der Waals surface area contributed by atoms with Crippen LogP contribution in [-0.2, 0) is 0 Å². The van der Waals surface area contributed by atoms with E-state index in [1.807, 2.05) is 0 Å². The van der Waals surface area contributed by atoms with E-state index in [0.29, 0.717) is 0 Å². The van der Waals surface area contributed by atoms with Crippen molar-refractivity contribution < 1.29 is 5.11 Å². The van der Waals surface area contributed by atoms with Gasteiger partial charge in [0.05, 0.1) is 6.10 Å². The molecule has 0 radical (unpaired) electrons. The van der Waals surface area contributed by atoms with Crippen LogP contribution >= 0.6 is 11.3 Å². The molecule has 1 aromatic heterocycles. The molecule has 4 aliphatic carbocycles. The van der Waals surface area contributed by atoms with Crippen LogP contribution in [0, 0.1) is 30.1 Å². The number of hydrogen-bond donors (Lipinski definition) is 1. The summed E-state index contributed by atoms with van der Waals surface area (Å²) in [7, 11) is 0. The van der Waals surface area contributed by atoms with Gasteiger partial charge in [-0.05, 0) is 75.3 Å². The van der Waals surface area contributed by atoms with Crippen molar-refractivity contribution in [3.05, 3.63) is 21.9 Å². The summed E-state index contributed by atoms with van der Waals surface area (Å²) in [6.07, 6.45) is 8.04. The van der Waals surface area contributed by atoms with Crippen LogP contribution in [0.2, 0.25) is 0 Å². The molecular formula is C16H22OS. The molecule has 4 aliphatic rings. The summed E-state index contributed by atoms with van der Waals surface area (Å²) in [6, 6.07) is 4.31. The third-order valence-electron chi connectivity index (χ3n) is 5.70. The van der Waals surface area contributed by atoms with E-state index in [1.54, 1.807) is 11.3 Å². The minimum atomic E-state index is -0.190. The van der Waals surface area contributed by atoms with Crippen LogP contribution in [0.3, 0.4) is 0 Å². The van der Waals surface area contributed by atoms with Gasteiger partial charge in [-0.2, -0.15) is 0 Å². The zero-order valence-electron chi connectivity index (χ0n) is 11.1. The minimum Gasteiger partial charge on any atom is -0.387 e. The monoisotopic (exact) mass is 262 g/mol. The van der Waals surface area contributed by atoms with Crippen LogP contribution in [0.5, 0.6) is 0 Å². The van der Waals surface area contributed by atoms with Gasteiger partial charge in [-0.1, -0.05) is 0 Å². The molecule has 1 aromatic rings. The topological polar surface area (TPSA) is 20.2 Å². The molecule has 1 N–H and O–H groups in total. The van der Waals surface area contributed by atoms with Crippen LogP contribution in [-0.4, -0.2) is 5.11 Å². The molecule has 98 valence electrons. The zero-order chi connectivity index (χ0) is 12.3. The molecule has 4 bridgehead atoms. The minimum absolute atomic E-state index is 0.190. The Labute approximate surface area is 113 Å². The second kappa shape index (κ2) is 3.83. The maximum Gasteiger partial charge on any atom is 0.0938 e. The highest BCUT2D eigenvalue weighted by Gasteiger charge is 2.54. The van der Waals surface area contributed by atoms with Crippen LogP contribution in [0.25, 0.3) is 0 Å². The van der Waals surface area contributed by atoms with Gasteiger partial charge >= 0.3 is 0 Å². The van der Waals surface area contributed by atoms with Crippen LogP contribution in [0.1, 0.15) is 54.4 Å². The summed E-state index contributed by atoms with van der Waals surface area (Å²) in [5.41, 5.74) is 0.242. The second-order valence-electron chi connectivity index (χ2n) is 7.13. The number of aliphatic hydroxyl groups is 1. The molecule has 0 spiro atoms. The summed E-state index contributed by atoms with van der Waals surface area (Å²) < 4.78 is 0. The Bertz CT molecular complexity index is 426. The Balaban J connectivity index is 1.67. The van der Waals surface area contributed by atoms with E-state index in [-0.39, 0.29) is 11.5 Å². The van der Waals surface area contributed by atoms with Crippen molar-refractivity contribution in [3.8, 4) is 0 Å². The largest absolute Gasteiger partial charge is 0.387 e. The third kappa shape index (κ3) is 1.61. The SMILES string of the molecule is Cc1ccc(C(O)C23CC4CC(CC(C4)C2)C3)s1. The number of aliphatic hydroxyl groups excluding tert-OH is 1. The lowest BCUT2D eigenvalue weighted by atomic mass is 9.48. The lowest BCUT2D eigenvalue weighted by Crippen LogP contribution is -2.48. The number of aryl methyl sites for hydroxylation is 1. The molecule has 2 heteroatoms. The van der Waals surface area contributed by atoms with Gasteiger partial charge < -0.3 is 5.11 Å². The first-order chi connectivity index (χ1) is 8.64. The van der Waals surface area contributed by atoms with Gasteiger partial charge in [0.1, 0.15) is 0 Å². The van der Waals surface area contributed by atoms with Crippen molar-refractivity contribution in [1.82, 2.24) is 0 Å². The number of thiophene rings is 1. The summed E-state index contributed by atoms with van der Waals surface area (Å²) in [5.74, 6) is 2.77. The summed E-state index contributed by atoms with van der Waals surface area (Å²) in [5, 5.41) is 10.9. The quantitative estimate of drug-likeness (QED) is 0.842. The first-order valence-electron chi connectivity index (χ1n) is 7.39. The van der Waals surface area contributed by atoms with Crippen molar-refractivity contribution in [2.75, 3.05) is 0 Å². The molecule has 0 amide bonds. The molecule has 0 aliphatic heterocycles. The predicted molar refractivity (Wildman–Crippen MR) is 74.6 cm³/mol. The fourth-order valence-electron chi connectivity index (χ4n) is 5.41. The van der Waals surface area contributed by atoms with Crippen molar-refractivity contribution in [2.24, 2.45) is 23.2 Å². The molecule has 1 heterocycles. The molecular weight excluding hydrogens is 240 g/mol. The maximum atomic E-state index is 10.9. The molecule has 18 heavy (non-hydrogen) atoms. The predicted octanol–water partition coefficient (Wildman–Crippen LogP) is 4.31. The molecule has 5 rings (SSSR count). The van der Waals surface area contributed by atoms with Crippen LogP contribution < -0.4 is 0 Å². The highest BCUT2D eigenvalue weighted by atomic mass is 32.1. The van der Waals surface area contributed by atoms with E-state index < -0.39 is 0 Å². The molecule has 1 unspecified atom stereocenters. The number of hydrogen-bond acceptors (Lipinski definition) is 2. The number of rotatable bonds is 2. The lowest BCUT2D eigenvalue weighted by Gasteiger charge is -2.58. The second-order valence-corrected chi connectivity index (χ2v) is 8.45. The van der Waals surface area contributed by atoms with Crippen molar-refractivity contribution >= 4 is 11.3 Å². The highest BCUT2D eigenvalue weighted by molar-refractivity contribution is 7.12. The average Bonchev–Trinajstić information content (AvgIpc) is 2.73. The molecule has 4 saturated carbocycles. The maximum absolute atomic E-state index is 10.9. The van der Waals surface area contributed by atoms with E-state index in [1.165, 1.54) is 48.3 Å². The highest BCUT2D eigenvalue weighted by Crippen LogP contribution is 2.64. The van der Waals surface area contributed by atoms with Crippen molar-refractivity contribution in [2.45, 2.75) is 51.6 Å². The molecule has 0 saturated heterocycles. The van der Waals surface area contributed by atoms with E-state index >= 15 is 0 Å². The summed E-state index contributed by atoms with van der Waals surface area (Å²) >= 11 is 1.79. The Hall–Kier alpha value is -0.340. The fourth-order valence-corrected chi connectivity index (χ4v) is 6.42. The Morgan fingerprint density at radius 2 is 1.67 bits per heavy atom. The van der Waals surface area contributed by atoms with E-state index in [4.69, 9.17) is 0 Å². The van der Waals surface area contributed by atoms with Crippen molar-refractivity contribution in [3.63, 3.8) is 0 Å². The van der Waals surface area contributed by atoms with E-state index in [0.717, 1.165) is 17.8 Å². The molecule has 1 nitrogen and oxygen atoms in total. The van der Waals surface area contributed by atoms with E-state index in [9.17, 15) is 5.11 Å². The molecule has 4 fully saturated rings. The van der Waals surface area contributed by atoms with E-state index in [2.05, 4.69) is 19.1 Å². The van der Waals surface area contributed by atoms with Gasteiger partial charge in [-0.15, -0.1) is 11.3 Å². The summed E-state index contributed by atoms with van der Waals surface area (Å²) in [4.78, 5) is 2.54. The average molecular weight is 262 g/mol. The first kappa shape index (κ1) is 11.5. The lowest BCUT2D eigenvalue weighted by molar-refractivity contribution is -0.121. The van der Waals surface area contributed by atoms with Gasteiger partial charge in [0, 0.05) is 15.2 Å². The standard InChI is InChI=1S/C16H22OS/c1-10-2-3-14(18-10)15(17)16-7-11-4-12(8-16)6-13(5-11)9-16/h2-3,11-13,15,17H,4-9H2,1H3. The normalized spacial score (nSPS) is 43.3. The van der Waals surface area contributed by atoms with Gasteiger partial charge in [0.2, 0.25) is 0 Å². The molecule has 0 aromatic carbocycles. The Morgan fingerprint density at radius 1 is 1.11 bits per heavy atom. The fraction of sp³-hybridized carbons (Fsp3) is 0.750. The van der Waals surface area contributed by atoms with Crippen LogP contribution in [0.4, 0.5) is 0 Å². The first-order valence-corrected chi connectivity index (χ1v) is 8.21. The van der Waals surface area contributed by atoms with Crippen LogP contribution in [0.15, 0.2) is 12.1 Å². The zero-order valence-corrected chi connectivity index (χ0v) is 11.9. The Kier molecular flexibility index (Phi) is 2.44. The van der Waals surface area contributed by atoms with Gasteiger partial charge in [-0.3, -0.25) is 0 Å². The molecule has 1 atom stereocenters. The van der Waals surface area contributed by atoms with Gasteiger partial charge in [0.15, 0.2) is 0 Å². The van der Waals surface area contributed by atoms with Crippen molar-refractivity contribution in [1.29, 1.82) is 0 Å².